The molecule has 0 bridgehead atoms. The molecule has 122 valence electrons. The number of hydrogen-bond acceptors (Lipinski definition) is 5. The smallest absolute Gasteiger partial charge is 0.414 e. The van der Waals surface area contributed by atoms with E-state index in [2.05, 4.69) is 0 Å². The zero-order valence-electron chi connectivity index (χ0n) is 12.0. The molecule has 0 aliphatic carbocycles. The van der Waals surface area contributed by atoms with Gasteiger partial charge in [0, 0.05) is 19.6 Å². The number of carbonyl (C=O) groups is 1. The normalized spacial score (nSPS) is 21.5. The van der Waals surface area contributed by atoms with Crippen molar-refractivity contribution < 1.29 is 18.7 Å². The van der Waals surface area contributed by atoms with Crippen LogP contribution < -0.4 is 15.5 Å². The molecule has 0 spiro atoms. The summed E-state index contributed by atoms with van der Waals surface area (Å²) in [5.41, 5.74) is 6.49. The minimum atomic E-state index is -0.481. The molecule has 2 fully saturated rings. The van der Waals surface area contributed by atoms with Gasteiger partial charge in [0.15, 0.2) is 0 Å². The molecule has 0 saturated carbocycles. The first kappa shape index (κ1) is 17.0. The maximum absolute atomic E-state index is 14.3. The zero-order valence-corrected chi connectivity index (χ0v) is 13.7. The number of cyclic esters (lactones) is 1. The molecule has 2 aliphatic rings. The number of benzene rings is 1. The SMILES string of the molecule is Br.NC[C@H]1CN(c2cccc(F)c2N2CCOCC2)C(=O)O1. The van der Waals surface area contributed by atoms with Gasteiger partial charge in [-0.05, 0) is 12.1 Å². The molecule has 0 aromatic heterocycles. The highest BCUT2D eigenvalue weighted by Crippen LogP contribution is 2.35. The van der Waals surface area contributed by atoms with Crippen LogP contribution in [0.3, 0.4) is 0 Å². The Kier molecular flexibility index (Phi) is 5.60. The van der Waals surface area contributed by atoms with Crippen LogP contribution in [0.5, 0.6) is 0 Å². The van der Waals surface area contributed by atoms with E-state index in [1.54, 1.807) is 12.1 Å². The topological polar surface area (TPSA) is 68.0 Å². The Morgan fingerprint density at radius 3 is 2.68 bits per heavy atom. The Morgan fingerprint density at radius 1 is 1.32 bits per heavy atom. The van der Waals surface area contributed by atoms with E-state index in [0.717, 1.165) is 0 Å². The summed E-state index contributed by atoms with van der Waals surface area (Å²) >= 11 is 0. The highest BCUT2D eigenvalue weighted by atomic mass is 79.9. The highest BCUT2D eigenvalue weighted by molar-refractivity contribution is 8.93. The third-order valence-electron chi connectivity index (χ3n) is 3.72. The van der Waals surface area contributed by atoms with E-state index in [1.807, 2.05) is 4.90 Å². The summed E-state index contributed by atoms with van der Waals surface area (Å²) in [4.78, 5) is 15.3. The molecule has 6 nitrogen and oxygen atoms in total. The second kappa shape index (κ2) is 7.26. The number of morpholine rings is 1. The second-order valence-corrected chi connectivity index (χ2v) is 5.06. The quantitative estimate of drug-likeness (QED) is 0.867. The summed E-state index contributed by atoms with van der Waals surface area (Å²) in [6.45, 7) is 2.88. The molecule has 22 heavy (non-hydrogen) atoms. The third-order valence-corrected chi connectivity index (χ3v) is 3.72. The van der Waals surface area contributed by atoms with Gasteiger partial charge >= 0.3 is 6.09 Å². The van der Waals surface area contributed by atoms with Crippen molar-refractivity contribution in [2.24, 2.45) is 5.73 Å². The van der Waals surface area contributed by atoms with E-state index in [9.17, 15) is 9.18 Å². The fourth-order valence-corrected chi connectivity index (χ4v) is 2.66. The Balaban J connectivity index is 0.00000176. The van der Waals surface area contributed by atoms with Crippen LogP contribution >= 0.6 is 17.0 Å². The lowest BCUT2D eigenvalue weighted by Crippen LogP contribution is -2.38. The molecule has 1 amide bonds. The molecule has 3 rings (SSSR count). The van der Waals surface area contributed by atoms with Crippen molar-refractivity contribution in [1.29, 1.82) is 0 Å². The van der Waals surface area contributed by atoms with Gasteiger partial charge in [-0.1, -0.05) is 6.07 Å². The van der Waals surface area contributed by atoms with Crippen molar-refractivity contribution in [3.8, 4) is 0 Å². The molecule has 2 heterocycles. The van der Waals surface area contributed by atoms with Crippen LogP contribution in [0.1, 0.15) is 0 Å². The fourth-order valence-electron chi connectivity index (χ4n) is 2.66. The van der Waals surface area contributed by atoms with Crippen LogP contribution in [0.15, 0.2) is 18.2 Å². The molecule has 2 saturated heterocycles. The van der Waals surface area contributed by atoms with Crippen LogP contribution in [0.25, 0.3) is 0 Å². The molecule has 1 atom stereocenters. The van der Waals surface area contributed by atoms with E-state index in [-0.39, 0.29) is 35.4 Å². The number of nitrogens with two attached hydrogens (primary N) is 1. The summed E-state index contributed by atoms with van der Waals surface area (Å²) in [7, 11) is 0. The van der Waals surface area contributed by atoms with Gasteiger partial charge in [-0.25, -0.2) is 9.18 Å². The number of carbonyl (C=O) groups excluding carboxylic acids is 1. The molecule has 1 aromatic rings. The predicted molar refractivity (Wildman–Crippen MR) is 86.4 cm³/mol. The third kappa shape index (κ3) is 3.18. The van der Waals surface area contributed by atoms with Crippen molar-refractivity contribution >= 4 is 34.4 Å². The molecule has 0 radical (unpaired) electrons. The summed E-state index contributed by atoms with van der Waals surface area (Å²) in [6.07, 6.45) is -0.830. The minimum Gasteiger partial charge on any atom is -0.443 e. The lowest BCUT2D eigenvalue weighted by atomic mass is 10.2. The maximum atomic E-state index is 14.3. The van der Waals surface area contributed by atoms with Crippen LogP contribution in [0.4, 0.5) is 20.6 Å². The molecule has 2 N–H and O–H groups in total. The van der Waals surface area contributed by atoms with E-state index in [4.69, 9.17) is 15.2 Å². The highest BCUT2D eigenvalue weighted by Gasteiger charge is 2.34. The Morgan fingerprint density at radius 2 is 2.05 bits per heavy atom. The van der Waals surface area contributed by atoms with Crippen LogP contribution in [0.2, 0.25) is 0 Å². The number of halogens is 2. The first-order chi connectivity index (χ1) is 10.2. The van der Waals surface area contributed by atoms with Crippen molar-refractivity contribution in [1.82, 2.24) is 0 Å². The second-order valence-electron chi connectivity index (χ2n) is 5.06. The van der Waals surface area contributed by atoms with Crippen molar-refractivity contribution in [3.63, 3.8) is 0 Å². The van der Waals surface area contributed by atoms with Gasteiger partial charge in [-0.3, -0.25) is 4.90 Å². The number of para-hydroxylation sites is 1. The number of ether oxygens (including phenoxy) is 2. The Labute approximate surface area is 138 Å². The predicted octanol–water partition coefficient (Wildman–Crippen LogP) is 1.52. The van der Waals surface area contributed by atoms with E-state index in [0.29, 0.717) is 44.2 Å². The first-order valence-corrected chi connectivity index (χ1v) is 7.00. The van der Waals surface area contributed by atoms with Gasteiger partial charge in [0.1, 0.15) is 11.9 Å². The lowest BCUT2D eigenvalue weighted by Gasteiger charge is -2.32. The monoisotopic (exact) mass is 375 g/mol. The standard InChI is InChI=1S/C14H18FN3O3.BrH/c15-11-2-1-3-12(13(11)17-4-6-20-7-5-17)18-9-10(8-16)21-14(18)19;/h1-3,10H,4-9,16H2;1H/t10-;/m0./s1. The summed E-state index contributed by atoms with van der Waals surface area (Å²) in [6, 6.07) is 4.72. The average Bonchev–Trinajstić information content (AvgIpc) is 2.89. The summed E-state index contributed by atoms with van der Waals surface area (Å²) in [5.74, 6) is -0.349. The van der Waals surface area contributed by atoms with Gasteiger partial charge in [0.05, 0.1) is 31.1 Å². The largest absolute Gasteiger partial charge is 0.443 e. The maximum Gasteiger partial charge on any atom is 0.414 e. The number of amides is 1. The van der Waals surface area contributed by atoms with Crippen LogP contribution in [-0.4, -0.2) is 51.6 Å². The minimum absolute atomic E-state index is 0. The van der Waals surface area contributed by atoms with Crippen molar-refractivity contribution in [3.05, 3.63) is 24.0 Å². The Bertz CT molecular complexity index is 540. The van der Waals surface area contributed by atoms with Gasteiger partial charge in [0.2, 0.25) is 0 Å². The summed E-state index contributed by atoms with van der Waals surface area (Å²) in [5, 5.41) is 0. The fraction of sp³-hybridized carbons (Fsp3) is 0.500. The van der Waals surface area contributed by atoms with Crippen LogP contribution in [0, 0.1) is 5.82 Å². The first-order valence-electron chi connectivity index (χ1n) is 7.00. The van der Waals surface area contributed by atoms with Gasteiger partial charge in [-0.15, -0.1) is 17.0 Å². The number of hydrogen-bond donors (Lipinski definition) is 1. The van der Waals surface area contributed by atoms with E-state index in [1.165, 1.54) is 11.0 Å². The molecule has 8 heteroatoms. The van der Waals surface area contributed by atoms with E-state index < -0.39 is 6.09 Å². The van der Waals surface area contributed by atoms with Crippen LogP contribution in [-0.2, 0) is 9.47 Å². The number of rotatable bonds is 3. The average molecular weight is 376 g/mol. The molecule has 0 unspecified atom stereocenters. The zero-order chi connectivity index (χ0) is 14.8. The lowest BCUT2D eigenvalue weighted by molar-refractivity contribution is 0.122. The van der Waals surface area contributed by atoms with Gasteiger partial charge in [-0.2, -0.15) is 0 Å². The summed E-state index contributed by atoms with van der Waals surface area (Å²) < 4.78 is 24.8. The molecule has 1 aromatic carbocycles. The molecular formula is C14H19BrFN3O3. The number of nitrogens with zero attached hydrogens (tertiary/aromatic N) is 2. The molecule has 2 aliphatic heterocycles. The van der Waals surface area contributed by atoms with Crippen molar-refractivity contribution in [2.45, 2.75) is 6.10 Å². The Hall–Kier alpha value is -1.38. The van der Waals surface area contributed by atoms with Gasteiger partial charge in [0.25, 0.3) is 0 Å². The molecular weight excluding hydrogens is 357 g/mol. The van der Waals surface area contributed by atoms with Crippen molar-refractivity contribution in [2.75, 3.05) is 49.2 Å². The van der Waals surface area contributed by atoms with Gasteiger partial charge < -0.3 is 20.1 Å². The van der Waals surface area contributed by atoms with E-state index >= 15 is 0 Å². The number of anilines is 2.